The highest BCUT2D eigenvalue weighted by Gasteiger charge is 2.21. The molecule has 0 atom stereocenters. The standard InChI is InChI=1S/C12H16ClNO4S2/c13-19(15,16)11-5-7-12(8-6-11)20(17,18)14-9-1-2-10-3-4-10/h5-8,10,14H,1-4,9H2. The summed E-state index contributed by atoms with van der Waals surface area (Å²) >= 11 is 0. The summed E-state index contributed by atoms with van der Waals surface area (Å²) in [5.41, 5.74) is 0. The summed E-state index contributed by atoms with van der Waals surface area (Å²) in [7, 11) is -2.25. The summed E-state index contributed by atoms with van der Waals surface area (Å²) in [6.45, 7) is 0.397. The summed E-state index contributed by atoms with van der Waals surface area (Å²) in [6, 6.07) is 4.83. The number of benzene rings is 1. The lowest BCUT2D eigenvalue weighted by molar-refractivity contribution is 0.572. The Morgan fingerprint density at radius 1 is 1.05 bits per heavy atom. The molecule has 1 aliphatic rings. The lowest BCUT2D eigenvalue weighted by atomic mass is 10.2. The second-order valence-electron chi connectivity index (χ2n) is 4.89. The molecule has 1 aromatic carbocycles. The van der Waals surface area contributed by atoms with Gasteiger partial charge in [0.25, 0.3) is 9.05 Å². The number of hydrogen-bond acceptors (Lipinski definition) is 4. The molecule has 5 nitrogen and oxygen atoms in total. The van der Waals surface area contributed by atoms with E-state index in [0.717, 1.165) is 18.8 Å². The number of nitrogens with one attached hydrogen (secondary N) is 1. The Hall–Kier alpha value is -0.630. The maximum atomic E-state index is 12.0. The van der Waals surface area contributed by atoms with Gasteiger partial charge in [-0.3, -0.25) is 0 Å². The van der Waals surface area contributed by atoms with E-state index in [1.54, 1.807) is 0 Å². The molecule has 20 heavy (non-hydrogen) atoms. The van der Waals surface area contributed by atoms with Crippen LogP contribution in [0, 0.1) is 5.92 Å². The molecule has 2 rings (SSSR count). The van der Waals surface area contributed by atoms with Gasteiger partial charge in [-0.15, -0.1) is 0 Å². The molecule has 0 unspecified atom stereocenters. The maximum absolute atomic E-state index is 12.0. The van der Waals surface area contributed by atoms with Crippen LogP contribution in [0.25, 0.3) is 0 Å². The fourth-order valence-corrected chi connectivity index (χ4v) is 3.71. The number of sulfonamides is 1. The first-order valence-electron chi connectivity index (χ1n) is 6.33. The van der Waals surface area contributed by atoms with Crippen molar-refractivity contribution in [1.29, 1.82) is 0 Å². The van der Waals surface area contributed by atoms with Crippen molar-refractivity contribution < 1.29 is 16.8 Å². The van der Waals surface area contributed by atoms with Gasteiger partial charge in [-0.1, -0.05) is 12.8 Å². The van der Waals surface area contributed by atoms with E-state index in [9.17, 15) is 16.8 Å². The van der Waals surface area contributed by atoms with Crippen LogP contribution in [-0.4, -0.2) is 23.4 Å². The van der Waals surface area contributed by atoms with E-state index < -0.39 is 19.1 Å². The van der Waals surface area contributed by atoms with E-state index in [-0.39, 0.29) is 9.79 Å². The van der Waals surface area contributed by atoms with Crippen molar-refractivity contribution in [3.8, 4) is 0 Å². The molecule has 0 amide bonds. The quantitative estimate of drug-likeness (QED) is 0.610. The first kappa shape index (κ1) is 15.8. The minimum absolute atomic E-state index is 0.0352. The highest BCUT2D eigenvalue weighted by atomic mass is 35.7. The lowest BCUT2D eigenvalue weighted by Crippen LogP contribution is -2.24. The zero-order chi connectivity index (χ0) is 14.8. The average Bonchev–Trinajstić information content (AvgIpc) is 3.18. The van der Waals surface area contributed by atoms with Gasteiger partial charge >= 0.3 is 0 Å². The number of hydrogen-bond donors (Lipinski definition) is 1. The predicted octanol–water partition coefficient (Wildman–Crippen LogP) is 2.08. The lowest BCUT2D eigenvalue weighted by Gasteiger charge is -2.07. The van der Waals surface area contributed by atoms with Crippen molar-refractivity contribution in [2.45, 2.75) is 35.5 Å². The van der Waals surface area contributed by atoms with Gasteiger partial charge in [0.2, 0.25) is 10.0 Å². The highest BCUT2D eigenvalue weighted by Crippen LogP contribution is 2.33. The third-order valence-electron chi connectivity index (χ3n) is 3.19. The van der Waals surface area contributed by atoms with Crippen LogP contribution in [0.4, 0.5) is 0 Å². The Morgan fingerprint density at radius 2 is 1.60 bits per heavy atom. The molecule has 0 heterocycles. The third kappa shape index (κ3) is 4.44. The van der Waals surface area contributed by atoms with Gasteiger partial charge in [0.1, 0.15) is 0 Å². The predicted molar refractivity (Wildman–Crippen MR) is 76.6 cm³/mol. The molecule has 0 spiro atoms. The molecule has 0 saturated heterocycles. The van der Waals surface area contributed by atoms with Crippen molar-refractivity contribution in [2.24, 2.45) is 5.92 Å². The molecule has 112 valence electrons. The fourth-order valence-electron chi connectivity index (χ4n) is 1.87. The SMILES string of the molecule is O=S(=O)(Cl)c1ccc(S(=O)(=O)NCCCC2CC2)cc1. The Labute approximate surface area is 123 Å². The van der Waals surface area contributed by atoms with Crippen LogP contribution in [0.2, 0.25) is 0 Å². The van der Waals surface area contributed by atoms with Gasteiger partial charge < -0.3 is 0 Å². The smallest absolute Gasteiger partial charge is 0.211 e. The van der Waals surface area contributed by atoms with Gasteiger partial charge in [-0.05, 0) is 43.0 Å². The summed E-state index contributed by atoms with van der Waals surface area (Å²) in [5.74, 6) is 0.771. The zero-order valence-corrected chi connectivity index (χ0v) is 13.1. The molecule has 0 aromatic heterocycles. The Kier molecular flexibility index (Phi) is 4.73. The first-order chi connectivity index (χ1) is 9.29. The largest absolute Gasteiger partial charge is 0.261 e. The van der Waals surface area contributed by atoms with Gasteiger partial charge in [0.15, 0.2) is 0 Å². The van der Waals surface area contributed by atoms with E-state index >= 15 is 0 Å². The molecule has 0 radical (unpaired) electrons. The van der Waals surface area contributed by atoms with Gasteiger partial charge in [-0.25, -0.2) is 21.6 Å². The second kappa shape index (κ2) is 6.01. The molecular weight excluding hydrogens is 322 g/mol. The molecule has 0 aliphatic heterocycles. The van der Waals surface area contributed by atoms with Crippen molar-refractivity contribution in [1.82, 2.24) is 4.72 Å². The average molecular weight is 338 g/mol. The van der Waals surface area contributed by atoms with Crippen LogP contribution in [-0.2, 0) is 19.1 Å². The first-order valence-corrected chi connectivity index (χ1v) is 10.1. The van der Waals surface area contributed by atoms with Gasteiger partial charge in [0.05, 0.1) is 9.79 Å². The highest BCUT2D eigenvalue weighted by molar-refractivity contribution is 8.13. The molecule has 1 fully saturated rings. The van der Waals surface area contributed by atoms with Crippen LogP contribution >= 0.6 is 10.7 Å². The molecule has 1 saturated carbocycles. The molecule has 8 heteroatoms. The number of rotatable bonds is 7. The summed E-state index contributed by atoms with van der Waals surface area (Å²) in [4.78, 5) is -0.0835. The Balaban J connectivity index is 1.97. The van der Waals surface area contributed by atoms with Crippen molar-refractivity contribution >= 4 is 29.8 Å². The minimum atomic E-state index is -3.83. The van der Waals surface area contributed by atoms with Crippen molar-refractivity contribution in [3.63, 3.8) is 0 Å². The molecule has 1 N–H and O–H groups in total. The van der Waals surface area contributed by atoms with E-state index in [0.29, 0.717) is 6.54 Å². The van der Waals surface area contributed by atoms with Crippen LogP contribution in [0.3, 0.4) is 0 Å². The van der Waals surface area contributed by atoms with Gasteiger partial charge in [-0.2, -0.15) is 0 Å². The molecule has 1 aromatic rings. The monoisotopic (exact) mass is 337 g/mol. The van der Waals surface area contributed by atoms with E-state index in [1.807, 2.05) is 0 Å². The Morgan fingerprint density at radius 3 is 2.10 bits per heavy atom. The minimum Gasteiger partial charge on any atom is -0.211 e. The number of halogens is 1. The van der Waals surface area contributed by atoms with Crippen molar-refractivity contribution in [2.75, 3.05) is 6.54 Å². The summed E-state index contributed by atoms with van der Waals surface area (Å²) in [6.07, 6.45) is 4.37. The van der Waals surface area contributed by atoms with Crippen LogP contribution in [0.5, 0.6) is 0 Å². The van der Waals surface area contributed by atoms with E-state index in [1.165, 1.54) is 37.1 Å². The zero-order valence-electron chi connectivity index (χ0n) is 10.7. The topological polar surface area (TPSA) is 80.3 Å². The maximum Gasteiger partial charge on any atom is 0.261 e. The van der Waals surface area contributed by atoms with E-state index in [4.69, 9.17) is 10.7 Å². The summed E-state index contributed by atoms with van der Waals surface area (Å²) < 4.78 is 48.6. The fraction of sp³-hybridized carbons (Fsp3) is 0.500. The van der Waals surface area contributed by atoms with Gasteiger partial charge in [0, 0.05) is 17.2 Å². The molecule has 0 bridgehead atoms. The second-order valence-corrected chi connectivity index (χ2v) is 9.23. The summed E-state index contributed by atoms with van der Waals surface area (Å²) in [5, 5.41) is 0. The van der Waals surface area contributed by atoms with Crippen LogP contribution in [0.1, 0.15) is 25.7 Å². The van der Waals surface area contributed by atoms with Crippen LogP contribution < -0.4 is 4.72 Å². The molecular formula is C12H16ClNO4S2. The normalized spacial score (nSPS) is 16.2. The van der Waals surface area contributed by atoms with E-state index in [2.05, 4.69) is 4.72 Å². The Bertz CT molecular complexity index is 664. The van der Waals surface area contributed by atoms with Crippen LogP contribution in [0.15, 0.2) is 34.1 Å². The van der Waals surface area contributed by atoms with Crippen molar-refractivity contribution in [3.05, 3.63) is 24.3 Å². The third-order valence-corrected chi connectivity index (χ3v) is 6.04. The molecule has 1 aliphatic carbocycles.